The van der Waals surface area contributed by atoms with Crippen molar-refractivity contribution < 1.29 is 9.47 Å². The van der Waals surface area contributed by atoms with Crippen molar-refractivity contribution in [3.05, 3.63) is 39.3 Å². The van der Waals surface area contributed by atoms with E-state index in [1.165, 1.54) is 17.7 Å². The molecule has 0 bridgehead atoms. The predicted octanol–water partition coefficient (Wildman–Crippen LogP) is 4.00. The summed E-state index contributed by atoms with van der Waals surface area (Å²) in [5, 5.41) is 7.91. The summed E-state index contributed by atoms with van der Waals surface area (Å²) < 4.78 is 11.7. The normalized spacial score (nSPS) is 14.8. The Kier molecular flexibility index (Phi) is 7.75. The molecule has 2 N–H and O–H groups in total. The third kappa shape index (κ3) is 6.10. The molecule has 3 rings (SSSR count). The monoisotopic (exact) mass is 416 g/mol. The Balaban J connectivity index is 1.56. The lowest BCUT2D eigenvalue weighted by atomic mass is 10.2. The zero-order valence-corrected chi connectivity index (χ0v) is 18.7. The Morgan fingerprint density at radius 3 is 2.69 bits per heavy atom. The molecule has 1 saturated carbocycles. The van der Waals surface area contributed by atoms with Crippen molar-refractivity contribution in [3.8, 4) is 11.5 Å². The molecule has 1 aromatic heterocycles. The molecule has 0 atom stereocenters. The molecule has 0 saturated heterocycles. The molecule has 1 aliphatic rings. The number of ether oxygens (including phenoxy) is 2. The lowest BCUT2D eigenvalue weighted by Crippen LogP contribution is -2.38. The average Bonchev–Trinajstić information content (AvgIpc) is 3.34. The fourth-order valence-corrected chi connectivity index (χ4v) is 4.54. The van der Waals surface area contributed by atoms with Gasteiger partial charge in [-0.15, -0.1) is 11.3 Å². The van der Waals surface area contributed by atoms with Crippen LogP contribution in [0.4, 0.5) is 0 Å². The van der Waals surface area contributed by atoms with Crippen LogP contribution in [0.25, 0.3) is 0 Å². The molecule has 0 unspecified atom stereocenters. The number of hydrogen-bond donors (Lipinski definition) is 2. The first-order chi connectivity index (χ1) is 14.1. The highest BCUT2D eigenvalue weighted by molar-refractivity contribution is 7.11. The van der Waals surface area contributed by atoms with E-state index >= 15 is 0 Å². The number of hydrogen-bond acceptors (Lipinski definition) is 5. The van der Waals surface area contributed by atoms with Crippen molar-refractivity contribution in [2.75, 3.05) is 20.7 Å². The topological polar surface area (TPSA) is 67.8 Å². The van der Waals surface area contributed by atoms with Gasteiger partial charge in [-0.25, -0.2) is 4.98 Å². The van der Waals surface area contributed by atoms with E-state index in [2.05, 4.69) is 40.5 Å². The van der Waals surface area contributed by atoms with Crippen molar-refractivity contribution in [1.29, 1.82) is 0 Å². The van der Waals surface area contributed by atoms with Crippen molar-refractivity contribution in [2.24, 2.45) is 4.99 Å². The van der Waals surface area contributed by atoms with Crippen LogP contribution in [0, 0.1) is 13.8 Å². The minimum Gasteiger partial charge on any atom is -0.497 e. The van der Waals surface area contributed by atoms with Gasteiger partial charge in [0.25, 0.3) is 0 Å². The highest BCUT2D eigenvalue weighted by Crippen LogP contribution is 2.30. The molecule has 1 aromatic carbocycles. The number of nitrogens with zero attached hydrogens (tertiary/aromatic N) is 2. The van der Waals surface area contributed by atoms with Gasteiger partial charge in [-0.2, -0.15) is 0 Å². The predicted molar refractivity (Wildman–Crippen MR) is 119 cm³/mol. The molecule has 2 aromatic rings. The SMILES string of the molecule is CN=C(NCCc1sc(C)nc1C)NCc1ccc(OC)cc1OC1CCCC1. The quantitative estimate of drug-likeness (QED) is 0.503. The van der Waals surface area contributed by atoms with Gasteiger partial charge < -0.3 is 20.1 Å². The van der Waals surface area contributed by atoms with Gasteiger partial charge in [-0.05, 0) is 51.7 Å². The fourth-order valence-electron chi connectivity index (χ4n) is 3.60. The van der Waals surface area contributed by atoms with Crippen LogP contribution in [0.15, 0.2) is 23.2 Å². The zero-order chi connectivity index (χ0) is 20.6. The van der Waals surface area contributed by atoms with Crippen LogP contribution in [0.1, 0.15) is 46.8 Å². The van der Waals surface area contributed by atoms with Crippen molar-refractivity contribution in [3.63, 3.8) is 0 Å². The Morgan fingerprint density at radius 2 is 2.03 bits per heavy atom. The van der Waals surface area contributed by atoms with Gasteiger partial charge in [0, 0.05) is 43.1 Å². The number of rotatable bonds is 8. The van der Waals surface area contributed by atoms with Crippen molar-refractivity contribution >= 4 is 17.3 Å². The average molecular weight is 417 g/mol. The van der Waals surface area contributed by atoms with Crippen molar-refractivity contribution in [2.45, 2.75) is 58.6 Å². The molecule has 7 heteroatoms. The second-order valence-electron chi connectivity index (χ2n) is 7.34. The van der Waals surface area contributed by atoms with Crippen molar-refractivity contribution in [1.82, 2.24) is 15.6 Å². The molecular weight excluding hydrogens is 384 g/mol. The summed E-state index contributed by atoms with van der Waals surface area (Å²) in [5.41, 5.74) is 2.23. The van der Waals surface area contributed by atoms with E-state index in [1.807, 2.05) is 12.1 Å². The Morgan fingerprint density at radius 1 is 1.24 bits per heavy atom. The number of thiazole rings is 1. The van der Waals surface area contributed by atoms with Crippen LogP contribution in [0.5, 0.6) is 11.5 Å². The van der Waals surface area contributed by atoms with Gasteiger partial charge in [0.05, 0.1) is 23.9 Å². The summed E-state index contributed by atoms with van der Waals surface area (Å²) in [4.78, 5) is 10.2. The molecule has 0 amide bonds. The van der Waals surface area contributed by atoms with Crippen LogP contribution in [0.3, 0.4) is 0 Å². The summed E-state index contributed by atoms with van der Waals surface area (Å²) in [7, 11) is 3.48. The second kappa shape index (κ2) is 10.5. The van der Waals surface area contributed by atoms with E-state index in [0.717, 1.165) is 59.5 Å². The highest BCUT2D eigenvalue weighted by atomic mass is 32.1. The molecule has 6 nitrogen and oxygen atoms in total. The van der Waals surface area contributed by atoms with Gasteiger partial charge in [-0.3, -0.25) is 4.99 Å². The van der Waals surface area contributed by atoms with E-state index < -0.39 is 0 Å². The molecular formula is C22H32N4O2S. The smallest absolute Gasteiger partial charge is 0.191 e. The summed E-state index contributed by atoms with van der Waals surface area (Å²) in [6, 6.07) is 6.02. The lowest BCUT2D eigenvalue weighted by Gasteiger charge is -2.19. The molecule has 0 radical (unpaired) electrons. The summed E-state index contributed by atoms with van der Waals surface area (Å²) in [6.07, 6.45) is 6.00. The standard InChI is InChI=1S/C22H32N4O2S/c1-15-21(29-16(2)26-15)11-12-24-22(23-3)25-14-17-9-10-19(27-4)13-20(17)28-18-7-5-6-8-18/h9-10,13,18H,5-8,11-12,14H2,1-4H3,(H2,23,24,25). The van der Waals surface area contributed by atoms with E-state index in [-0.39, 0.29) is 0 Å². The number of benzene rings is 1. The van der Waals surface area contributed by atoms with E-state index in [1.54, 1.807) is 25.5 Å². The number of methoxy groups -OCH3 is 1. The molecule has 158 valence electrons. The van der Waals surface area contributed by atoms with Crippen LogP contribution < -0.4 is 20.1 Å². The zero-order valence-electron chi connectivity index (χ0n) is 17.9. The first kappa shape index (κ1) is 21.4. The molecule has 1 heterocycles. The van der Waals surface area contributed by atoms with Gasteiger partial charge in [0.2, 0.25) is 0 Å². The summed E-state index contributed by atoms with van der Waals surface area (Å²) >= 11 is 1.76. The maximum atomic E-state index is 6.28. The van der Waals surface area contributed by atoms with Gasteiger partial charge in [0.1, 0.15) is 11.5 Å². The molecule has 1 aliphatic carbocycles. The van der Waals surface area contributed by atoms with Crippen LogP contribution >= 0.6 is 11.3 Å². The minimum absolute atomic E-state index is 0.310. The van der Waals surface area contributed by atoms with E-state index in [9.17, 15) is 0 Å². The number of aromatic nitrogens is 1. The van der Waals surface area contributed by atoms with Crippen LogP contribution in [-0.2, 0) is 13.0 Å². The third-order valence-electron chi connectivity index (χ3n) is 5.18. The van der Waals surface area contributed by atoms with E-state index in [0.29, 0.717) is 12.6 Å². The Bertz CT molecular complexity index is 828. The Labute approximate surface area is 177 Å². The third-order valence-corrected chi connectivity index (χ3v) is 6.32. The number of aliphatic imine (C=N–C) groups is 1. The first-order valence-corrected chi connectivity index (χ1v) is 11.1. The molecule has 0 aliphatic heterocycles. The maximum absolute atomic E-state index is 6.28. The molecule has 1 fully saturated rings. The number of guanidine groups is 1. The summed E-state index contributed by atoms with van der Waals surface area (Å²) in [6.45, 7) is 5.58. The van der Waals surface area contributed by atoms with Gasteiger partial charge >= 0.3 is 0 Å². The lowest BCUT2D eigenvalue weighted by molar-refractivity contribution is 0.207. The van der Waals surface area contributed by atoms with Gasteiger partial charge in [0.15, 0.2) is 5.96 Å². The number of nitrogens with one attached hydrogen (secondary N) is 2. The van der Waals surface area contributed by atoms with E-state index in [4.69, 9.17) is 9.47 Å². The first-order valence-electron chi connectivity index (χ1n) is 10.3. The minimum atomic E-state index is 0.310. The largest absolute Gasteiger partial charge is 0.497 e. The molecule has 29 heavy (non-hydrogen) atoms. The van der Waals surface area contributed by atoms with Gasteiger partial charge in [-0.1, -0.05) is 0 Å². The maximum Gasteiger partial charge on any atom is 0.191 e. The number of aryl methyl sites for hydroxylation is 2. The molecule has 0 spiro atoms. The highest BCUT2D eigenvalue weighted by Gasteiger charge is 2.18. The Hall–Kier alpha value is -2.28. The van der Waals surface area contributed by atoms with Crippen LogP contribution in [-0.4, -0.2) is 37.7 Å². The summed E-state index contributed by atoms with van der Waals surface area (Å²) in [5.74, 6) is 2.50. The second-order valence-corrected chi connectivity index (χ2v) is 8.63. The van der Waals surface area contributed by atoms with Crippen LogP contribution in [0.2, 0.25) is 0 Å². The fraction of sp³-hybridized carbons (Fsp3) is 0.545.